The van der Waals surface area contributed by atoms with Crippen molar-refractivity contribution in [1.29, 1.82) is 0 Å². The Kier molecular flexibility index (Phi) is 5.75. The minimum atomic E-state index is -0.00175. The molecule has 1 aromatic carbocycles. The van der Waals surface area contributed by atoms with Gasteiger partial charge in [0, 0.05) is 5.56 Å². The molecule has 2 rings (SSSR count). The first-order chi connectivity index (χ1) is 10.5. The predicted octanol–water partition coefficient (Wildman–Crippen LogP) is 2.49. The lowest BCUT2D eigenvalue weighted by Crippen LogP contribution is -3.06. The summed E-state index contributed by atoms with van der Waals surface area (Å²) in [7, 11) is 4.24. The molecule has 1 amide bonds. The van der Waals surface area contributed by atoms with Crippen molar-refractivity contribution in [1.82, 2.24) is 5.32 Å². The van der Waals surface area contributed by atoms with E-state index in [0.29, 0.717) is 18.5 Å². The van der Waals surface area contributed by atoms with E-state index in [2.05, 4.69) is 50.8 Å². The number of nitrogens with one attached hydrogen (secondary N) is 2. The number of amides is 1. The quantitative estimate of drug-likeness (QED) is 0.843. The van der Waals surface area contributed by atoms with Gasteiger partial charge in [0.1, 0.15) is 6.04 Å². The van der Waals surface area contributed by atoms with E-state index >= 15 is 0 Å². The third-order valence-corrected chi connectivity index (χ3v) is 4.88. The fourth-order valence-corrected chi connectivity index (χ4v) is 3.35. The number of rotatable bonds is 6. The van der Waals surface area contributed by atoms with E-state index in [-0.39, 0.29) is 5.91 Å². The Balaban J connectivity index is 1.99. The van der Waals surface area contributed by atoms with Gasteiger partial charge in [-0.2, -0.15) is 0 Å². The van der Waals surface area contributed by atoms with Crippen LogP contribution in [-0.4, -0.2) is 26.5 Å². The van der Waals surface area contributed by atoms with Gasteiger partial charge < -0.3 is 10.2 Å². The van der Waals surface area contributed by atoms with E-state index in [0.717, 1.165) is 5.56 Å². The van der Waals surface area contributed by atoms with Crippen LogP contribution in [0, 0.1) is 0 Å². The monoisotopic (exact) mass is 317 g/mol. The standard InChI is InChI=1S/C18H24N2OS/c1-13(2)14-7-9-15(10-8-14)18(21)19-12-16(20(3)4)17-6-5-11-22-17/h5-11,13,16H,12H2,1-4H3,(H,19,21)/p+1/t16-/m0/s1. The van der Waals surface area contributed by atoms with Gasteiger partial charge in [-0.25, -0.2) is 0 Å². The van der Waals surface area contributed by atoms with E-state index in [1.54, 1.807) is 11.3 Å². The first-order valence-electron chi connectivity index (χ1n) is 7.70. The molecule has 0 fully saturated rings. The molecular weight excluding hydrogens is 292 g/mol. The molecule has 2 aromatic rings. The zero-order chi connectivity index (χ0) is 16.1. The van der Waals surface area contributed by atoms with Gasteiger partial charge in [0.05, 0.1) is 25.5 Å². The topological polar surface area (TPSA) is 33.5 Å². The van der Waals surface area contributed by atoms with E-state index in [9.17, 15) is 4.79 Å². The molecule has 0 unspecified atom stereocenters. The Morgan fingerprint density at radius 1 is 1.18 bits per heavy atom. The zero-order valence-electron chi connectivity index (χ0n) is 13.7. The van der Waals surface area contributed by atoms with Crippen molar-refractivity contribution >= 4 is 17.2 Å². The largest absolute Gasteiger partial charge is 0.346 e. The summed E-state index contributed by atoms with van der Waals surface area (Å²) in [5.74, 6) is 0.482. The van der Waals surface area contributed by atoms with E-state index in [1.165, 1.54) is 15.3 Å². The van der Waals surface area contributed by atoms with E-state index in [4.69, 9.17) is 0 Å². The molecule has 0 bridgehead atoms. The number of hydrogen-bond donors (Lipinski definition) is 2. The maximum atomic E-state index is 12.3. The molecule has 22 heavy (non-hydrogen) atoms. The van der Waals surface area contributed by atoms with Crippen LogP contribution >= 0.6 is 11.3 Å². The Hall–Kier alpha value is -1.65. The highest BCUT2D eigenvalue weighted by molar-refractivity contribution is 7.10. The highest BCUT2D eigenvalue weighted by Gasteiger charge is 2.20. The zero-order valence-corrected chi connectivity index (χ0v) is 14.5. The highest BCUT2D eigenvalue weighted by atomic mass is 32.1. The fourth-order valence-electron chi connectivity index (χ4n) is 2.39. The van der Waals surface area contributed by atoms with Crippen LogP contribution in [0.1, 0.15) is 46.6 Å². The number of quaternary nitrogens is 1. The van der Waals surface area contributed by atoms with Gasteiger partial charge in [0.15, 0.2) is 0 Å². The van der Waals surface area contributed by atoms with Crippen LogP contribution in [-0.2, 0) is 0 Å². The number of benzene rings is 1. The van der Waals surface area contributed by atoms with Crippen molar-refractivity contribution in [3.63, 3.8) is 0 Å². The second-order valence-corrected chi connectivity index (χ2v) is 7.11. The molecule has 0 spiro atoms. The Bertz CT molecular complexity index is 588. The lowest BCUT2D eigenvalue weighted by molar-refractivity contribution is -0.890. The second-order valence-electron chi connectivity index (χ2n) is 6.13. The molecule has 0 aliphatic rings. The minimum absolute atomic E-state index is 0.00175. The lowest BCUT2D eigenvalue weighted by Gasteiger charge is -2.20. The number of thiophene rings is 1. The first-order valence-corrected chi connectivity index (χ1v) is 8.58. The van der Waals surface area contributed by atoms with Crippen LogP contribution in [0.3, 0.4) is 0 Å². The summed E-state index contributed by atoms with van der Waals surface area (Å²) < 4.78 is 0. The Labute approximate surface area is 137 Å². The van der Waals surface area contributed by atoms with Crippen LogP contribution in [0.15, 0.2) is 41.8 Å². The average Bonchev–Trinajstić information content (AvgIpc) is 3.01. The SMILES string of the molecule is CC(C)c1ccc(C(=O)NC[C@@H](c2cccs2)[NH+](C)C)cc1. The molecule has 1 heterocycles. The van der Waals surface area contributed by atoms with E-state index < -0.39 is 0 Å². The lowest BCUT2D eigenvalue weighted by atomic mass is 10.0. The van der Waals surface area contributed by atoms with Gasteiger partial charge in [0.25, 0.3) is 5.91 Å². The van der Waals surface area contributed by atoms with Crippen LogP contribution < -0.4 is 10.2 Å². The molecule has 118 valence electrons. The number of likely N-dealkylation sites (N-methyl/N-ethyl adjacent to an activating group) is 1. The third-order valence-electron chi connectivity index (χ3n) is 3.89. The van der Waals surface area contributed by atoms with Crippen molar-refractivity contribution < 1.29 is 9.69 Å². The van der Waals surface area contributed by atoms with Crippen LogP contribution in [0.5, 0.6) is 0 Å². The van der Waals surface area contributed by atoms with Gasteiger partial charge in [-0.1, -0.05) is 32.0 Å². The normalized spacial score (nSPS) is 12.6. The molecule has 0 saturated heterocycles. The molecule has 0 radical (unpaired) electrons. The molecule has 0 saturated carbocycles. The molecule has 1 aromatic heterocycles. The van der Waals surface area contributed by atoms with Crippen molar-refractivity contribution in [2.45, 2.75) is 25.8 Å². The summed E-state index contributed by atoms with van der Waals surface area (Å²) in [6, 6.07) is 12.4. The number of carbonyl (C=O) groups excluding carboxylic acids is 1. The smallest absolute Gasteiger partial charge is 0.251 e. The summed E-state index contributed by atoms with van der Waals surface area (Å²) in [5.41, 5.74) is 1.98. The summed E-state index contributed by atoms with van der Waals surface area (Å²) in [6.07, 6.45) is 0. The third kappa shape index (κ3) is 4.18. The predicted molar refractivity (Wildman–Crippen MR) is 92.7 cm³/mol. The highest BCUT2D eigenvalue weighted by Crippen LogP contribution is 2.16. The molecule has 3 nitrogen and oxygen atoms in total. The van der Waals surface area contributed by atoms with Crippen molar-refractivity contribution in [2.75, 3.05) is 20.6 Å². The number of hydrogen-bond acceptors (Lipinski definition) is 2. The molecule has 0 aliphatic heterocycles. The molecule has 4 heteroatoms. The van der Waals surface area contributed by atoms with Gasteiger partial charge in [-0.15, -0.1) is 11.3 Å². The second kappa shape index (κ2) is 7.56. The first kappa shape index (κ1) is 16.7. The van der Waals surface area contributed by atoms with Crippen molar-refractivity contribution in [3.05, 3.63) is 57.8 Å². The summed E-state index contributed by atoms with van der Waals surface area (Å²) in [4.78, 5) is 14.9. The minimum Gasteiger partial charge on any atom is -0.346 e. The molecule has 2 N–H and O–H groups in total. The number of carbonyl (C=O) groups is 1. The van der Waals surface area contributed by atoms with Crippen molar-refractivity contribution in [2.24, 2.45) is 0 Å². The van der Waals surface area contributed by atoms with Crippen LogP contribution in [0.2, 0.25) is 0 Å². The van der Waals surface area contributed by atoms with Gasteiger partial charge >= 0.3 is 0 Å². The summed E-state index contributed by atoms with van der Waals surface area (Å²) >= 11 is 1.74. The Morgan fingerprint density at radius 2 is 1.86 bits per heavy atom. The maximum absolute atomic E-state index is 12.3. The van der Waals surface area contributed by atoms with E-state index in [1.807, 2.05) is 24.3 Å². The van der Waals surface area contributed by atoms with Crippen LogP contribution in [0.25, 0.3) is 0 Å². The summed E-state index contributed by atoms with van der Waals surface area (Å²) in [6.45, 7) is 4.95. The Morgan fingerprint density at radius 3 is 2.36 bits per heavy atom. The fraction of sp³-hybridized carbons (Fsp3) is 0.389. The van der Waals surface area contributed by atoms with Gasteiger partial charge in [-0.3, -0.25) is 4.79 Å². The van der Waals surface area contributed by atoms with Gasteiger partial charge in [-0.05, 0) is 35.1 Å². The van der Waals surface area contributed by atoms with Gasteiger partial charge in [0.2, 0.25) is 0 Å². The molecule has 1 atom stereocenters. The maximum Gasteiger partial charge on any atom is 0.251 e. The summed E-state index contributed by atoms with van der Waals surface area (Å²) in [5, 5.41) is 5.15. The van der Waals surface area contributed by atoms with Crippen LogP contribution in [0.4, 0.5) is 0 Å². The average molecular weight is 317 g/mol. The molecule has 0 aliphatic carbocycles. The van der Waals surface area contributed by atoms with Crippen molar-refractivity contribution in [3.8, 4) is 0 Å². The molecular formula is C18H25N2OS+.